The first-order chi connectivity index (χ1) is 10.9. The first-order valence-electron chi connectivity index (χ1n) is 7.40. The van der Waals surface area contributed by atoms with Crippen molar-refractivity contribution in [2.45, 2.75) is 0 Å². The van der Waals surface area contributed by atoms with E-state index in [0.29, 0.717) is 0 Å². The fourth-order valence-electron chi connectivity index (χ4n) is 2.18. The van der Waals surface area contributed by atoms with Gasteiger partial charge in [-0.1, -0.05) is 91.0 Å². The first-order valence-corrected chi connectivity index (χ1v) is 8.74. The summed E-state index contributed by atoms with van der Waals surface area (Å²) in [6, 6.07) is 32.3. The Bertz CT molecular complexity index is 544. The fourth-order valence-corrected chi connectivity index (χ4v) is 4.48. The van der Waals surface area contributed by atoms with Gasteiger partial charge in [0.1, 0.15) is 0 Å². The van der Waals surface area contributed by atoms with Crippen molar-refractivity contribution in [3.8, 4) is 0 Å². The predicted octanol–water partition coefficient (Wildman–Crippen LogP) is 3.28. The molecule has 3 aromatic carbocycles. The zero-order valence-corrected chi connectivity index (χ0v) is 14.0. The van der Waals surface area contributed by atoms with Crippen LogP contribution in [0.25, 0.3) is 0 Å². The second kappa shape index (κ2) is 9.15. The first kappa shape index (κ1) is 16.4. The molecule has 0 aromatic heterocycles. The van der Waals surface area contributed by atoms with E-state index in [1.54, 1.807) is 0 Å². The van der Waals surface area contributed by atoms with Crippen molar-refractivity contribution in [1.82, 2.24) is 5.32 Å². The quantitative estimate of drug-likeness (QED) is 0.732. The Hall–Kier alpha value is -1.95. The van der Waals surface area contributed by atoms with Crippen molar-refractivity contribution in [2.75, 3.05) is 14.1 Å². The zero-order valence-electron chi connectivity index (χ0n) is 13.1. The summed E-state index contributed by atoms with van der Waals surface area (Å²) in [5.41, 5.74) is 0. The number of hydrogen-bond acceptors (Lipinski definition) is 1. The van der Waals surface area contributed by atoms with Gasteiger partial charge in [-0.2, -0.15) is 0 Å². The SMILES string of the molecule is CNC.c1ccc(P(c2ccccc2)c2ccccc2)cc1. The van der Waals surface area contributed by atoms with Crippen molar-refractivity contribution in [2.24, 2.45) is 0 Å². The zero-order chi connectivity index (χ0) is 15.6. The summed E-state index contributed by atoms with van der Waals surface area (Å²) in [6.45, 7) is 0. The van der Waals surface area contributed by atoms with E-state index in [-0.39, 0.29) is 0 Å². The Kier molecular flexibility index (Phi) is 6.83. The second-order valence-corrected chi connectivity index (χ2v) is 7.06. The average molecular weight is 307 g/mol. The van der Waals surface area contributed by atoms with Crippen LogP contribution in [-0.2, 0) is 0 Å². The van der Waals surface area contributed by atoms with Crippen LogP contribution in [0.4, 0.5) is 0 Å². The summed E-state index contributed by atoms with van der Waals surface area (Å²) in [5, 5.41) is 6.94. The van der Waals surface area contributed by atoms with Crippen molar-refractivity contribution in [3.63, 3.8) is 0 Å². The maximum absolute atomic E-state index is 2.75. The van der Waals surface area contributed by atoms with Crippen molar-refractivity contribution in [1.29, 1.82) is 0 Å². The molecule has 0 bridgehead atoms. The van der Waals surface area contributed by atoms with E-state index < -0.39 is 7.92 Å². The van der Waals surface area contributed by atoms with Gasteiger partial charge in [0.15, 0.2) is 0 Å². The van der Waals surface area contributed by atoms with Crippen LogP contribution >= 0.6 is 7.92 Å². The van der Waals surface area contributed by atoms with Gasteiger partial charge in [-0.05, 0) is 37.9 Å². The molecule has 0 saturated heterocycles. The van der Waals surface area contributed by atoms with Crippen LogP contribution in [-0.4, -0.2) is 14.1 Å². The molecule has 22 heavy (non-hydrogen) atoms. The normalized spacial score (nSPS) is 9.95. The lowest BCUT2D eigenvalue weighted by Gasteiger charge is -2.18. The van der Waals surface area contributed by atoms with Crippen LogP contribution in [0.3, 0.4) is 0 Å². The highest BCUT2D eigenvalue weighted by Crippen LogP contribution is 2.32. The molecule has 0 aliphatic carbocycles. The summed E-state index contributed by atoms with van der Waals surface area (Å²) in [7, 11) is 3.30. The fraction of sp³-hybridized carbons (Fsp3) is 0.100. The van der Waals surface area contributed by atoms with Gasteiger partial charge in [-0.3, -0.25) is 0 Å². The molecule has 112 valence electrons. The van der Waals surface area contributed by atoms with Crippen LogP contribution in [0.5, 0.6) is 0 Å². The highest BCUT2D eigenvalue weighted by molar-refractivity contribution is 7.79. The lowest BCUT2D eigenvalue weighted by atomic mass is 10.4. The van der Waals surface area contributed by atoms with Crippen LogP contribution in [0, 0.1) is 0 Å². The van der Waals surface area contributed by atoms with E-state index in [0.717, 1.165) is 0 Å². The number of benzene rings is 3. The average Bonchev–Trinajstić information content (AvgIpc) is 2.59. The third kappa shape index (κ3) is 4.53. The topological polar surface area (TPSA) is 12.0 Å². The van der Waals surface area contributed by atoms with Gasteiger partial charge in [0, 0.05) is 0 Å². The Labute approximate surface area is 134 Å². The molecule has 0 unspecified atom stereocenters. The van der Waals surface area contributed by atoms with Gasteiger partial charge in [0.05, 0.1) is 0 Å². The van der Waals surface area contributed by atoms with E-state index >= 15 is 0 Å². The molecular weight excluding hydrogens is 285 g/mol. The van der Waals surface area contributed by atoms with Gasteiger partial charge < -0.3 is 5.32 Å². The summed E-state index contributed by atoms with van der Waals surface area (Å²) >= 11 is 0. The minimum atomic E-state index is -0.446. The molecule has 0 fully saturated rings. The highest BCUT2D eigenvalue weighted by atomic mass is 31.1. The summed E-state index contributed by atoms with van der Waals surface area (Å²) < 4.78 is 0. The van der Waals surface area contributed by atoms with Crippen LogP contribution in [0.1, 0.15) is 0 Å². The van der Waals surface area contributed by atoms with Crippen molar-refractivity contribution >= 4 is 23.8 Å². The second-order valence-electron chi connectivity index (χ2n) is 4.84. The van der Waals surface area contributed by atoms with Gasteiger partial charge in [0.25, 0.3) is 0 Å². The molecule has 0 aliphatic heterocycles. The Morgan fingerprint density at radius 3 is 0.955 bits per heavy atom. The Balaban J connectivity index is 0.000000545. The smallest absolute Gasteiger partial charge is 0.0134 e. The number of rotatable bonds is 3. The largest absolute Gasteiger partial charge is 0.323 e. The lowest BCUT2D eigenvalue weighted by Crippen LogP contribution is -2.20. The Morgan fingerprint density at radius 2 is 0.727 bits per heavy atom. The van der Waals surface area contributed by atoms with E-state index in [9.17, 15) is 0 Å². The van der Waals surface area contributed by atoms with Crippen molar-refractivity contribution < 1.29 is 0 Å². The monoisotopic (exact) mass is 307 g/mol. The lowest BCUT2D eigenvalue weighted by molar-refractivity contribution is 1.02. The molecule has 3 rings (SSSR count). The van der Waals surface area contributed by atoms with Gasteiger partial charge in [0.2, 0.25) is 0 Å². The molecule has 0 spiro atoms. The van der Waals surface area contributed by atoms with Gasteiger partial charge >= 0.3 is 0 Å². The van der Waals surface area contributed by atoms with E-state index in [2.05, 4.69) is 96.3 Å². The van der Waals surface area contributed by atoms with Crippen LogP contribution < -0.4 is 21.2 Å². The maximum Gasteiger partial charge on any atom is -0.0134 e. The molecule has 0 amide bonds. The Morgan fingerprint density at radius 1 is 0.500 bits per heavy atom. The molecule has 0 radical (unpaired) electrons. The molecule has 0 heterocycles. The molecule has 0 atom stereocenters. The number of hydrogen-bond donors (Lipinski definition) is 1. The van der Waals surface area contributed by atoms with Crippen LogP contribution in [0.15, 0.2) is 91.0 Å². The molecule has 1 nitrogen and oxygen atoms in total. The maximum atomic E-state index is 2.75. The molecule has 0 aliphatic rings. The minimum absolute atomic E-state index is 0.446. The van der Waals surface area contributed by atoms with Gasteiger partial charge in [-0.25, -0.2) is 0 Å². The van der Waals surface area contributed by atoms with Gasteiger partial charge in [-0.15, -0.1) is 0 Å². The summed E-state index contributed by atoms with van der Waals surface area (Å²) in [6.07, 6.45) is 0. The molecule has 3 aromatic rings. The summed E-state index contributed by atoms with van der Waals surface area (Å²) in [4.78, 5) is 0. The molecule has 0 saturated carbocycles. The predicted molar refractivity (Wildman–Crippen MR) is 100 cm³/mol. The van der Waals surface area contributed by atoms with Crippen molar-refractivity contribution in [3.05, 3.63) is 91.0 Å². The summed E-state index contributed by atoms with van der Waals surface area (Å²) in [5.74, 6) is 0. The van der Waals surface area contributed by atoms with Crippen LogP contribution in [0.2, 0.25) is 0 Å². The van der Waals surface area contributed by atoms with E-state index in [4.69, 9.17) is 0 Å². The number of nitrogens with one attached hydrogen (secondary N) is 1. The minimum Gasteiger partial charge on any atom is -0.323 e. The molecule has 1 N–H and O–H groups in total. The highest BCUT2D eigenvalue weighted by Gasteiger charge is 2.14. The third-order valence-corrected chi connectivity index (χ3v) is 5.49. The standard InChI is InChI=1S/C18H15P.C2H7N/c1-4-10-16(11-5-1)19(17-12-6-2-7-13-17)18-14-8-3-9-15-18;1-3-2/h1-15H;3H,1-2H3. The molecule has 2 heteroatoms. The van der Waals surface area contributed by atoms with E-state index in [1.165, 1.54) is 15.9 Å². The van der Waals surface area contributed by atoms with E-state index in [1.807, 2.05) is 14.1 Å². The molecular formula is C20H22NP. The third-order valence-electron chi connectivity index (χ3n) is 3.04.